The minimum atomic E-state index is -0.231. The van der Waals surface area contributed by atoms with Gasteiger partial charge in [-0.1, -0.05) is 13.8 Å². The summed E-state index contributed by atoms with van der Waals surface area (Å²) in [6.07, 6.45) is -0.231. The zero-order valence-corrected chi connectivity index (χ0v) is 14.5. The van der Waals surface area contributed by atoms with E-state index < -0.39 is 0 Å². The van der Waals surface area contributed by atoms with Crippen molar-refractivity contribution in [3.05, 3.63) is 11.9 Å². The van der Waals surface area contributed by atoms with Crippen molar-refractivity contribution in [1.29, 1.82) is 0 Å². The normalized spacial score (nSPS) is 15.0. The molecule has 23 heavy (non-hydrogen) atoms. The van der Waals surface area contributed by atoms with E-state index in [1.807, 2.05) is 19.9 Å². The number of carbonyl (C=O) groups excluding carboxylic acids is 1. The summed E-state index contributed by atoms with van der Waals surface area (Å²) >= 11 is 0. The lowest BCUT2D eigenvalue weighted by Gasteiger charge is -2.34. The van der Waals surface area contributed by atoms with E-state index in [2.05, 4.69) is 34.0 Å². The molecule has 128 valence electrons. The zero-order chi connectivity index (χ0) is 16.8. The number of aromatic nitrogens is 2. The fraction of sp³-hybridized carbons (Fsp3) is 0.688. The summed E-state index contributed by atoms with van der Waals surface area (Å²) in [4.78, 5) is 24.6. The molecule has 2 heterocycles. The van der Waals surface area contributed by atoms with Crippen LogP contribution in [0.25, 0.3) is 0 Å². The maximum atomic E-state index is 11.7. The SMILES string of the molecule is CCOC(=O)N1CCN(c2cc(NCC(C)C)nc(C)n2)CC1. The smallest absolute Gasteiger partial charge is 0.409 e. The maximum absolute atomic E-state index is 11.7. The van der Waals surface area contributed by atoms with E-state index in [-0.39, 0.29) is 6.09 Å². The third-order valence-corrected chi connectivity index (χ3v) is 3.65. The van der Waals surface area contributed by atoms with Crippen molar-refractivity contribution >= 4 is 17.7 Å². The molecule has 1 aliphatic rings. The number of nitrogens with one attached hydrogen (secondary N) is 1. The molecule has 1 fully saturated rings. The number of hydrogen-bond donors (Lipinski definition) is 1. The van der Waals surface area contributed by atoms with E-state index in [4.69, 9.17) is 4.74 Å². The Morgan fingerprint density at radius 3 is 2.61 bits per heavy atom. The second-order valence-electron chi connectivity index (χ2n) is 6.11. The van der Waals surface area contributed by atoms with E-state index in [0.29, 0.717) is 25.6 Å². The Kier molecular flexibility index (Phi) is 6.01. The number of hydrogen-bond acceptors (Lipinski definition) is 6. The minimum Gasteiger partial charge on any atom is -0.450 e. The first kappa shape index (κ1) is 17.3. The van der Waals surface area contributed by atoms with Crippen molar-refractivity contribution in [2.24, 2.45) is 5.92 Å². The molecule has 1 aromatic heterocycles. The predicted molar refractivity (Wildman–Crippen MR) is 90.9 cm³/mol. The second kappa shape index (κ2) is 7.99. The summed E-state index contributed by atoms with van der Waals surface area (Å²) in [5.74, 6) is 3.07. The fourth-order valence-corrected chi connectivity index (χ4v) is 2.45. The average molecular weight is 321 g/mol. The van der Waals surface area contributed by atoms with Gasteiger partial charge in [0.2, 0.25) is 0 Å². The Bertz CT molecular complexity index is 527. The Morgan fingerprint density at radius 1 is 1.30 bits per heavy atom. The molecule has 0 unspecified atom stereocenters. The first-order valence-electron chi connectivity index (χ1n) is 8.25. The highest BCUT2D eigenvalue weighted by Crippen LogP contribution is 2.18. The number of carbonyl (C=O) groups is 1. The minimum absolute atomic E-state index is 0.231. The molecule has 0 saturated carbocycles. The Balaban J connectivity index is 1.98. The monoisotopic (exact) mass is 321 g/mol. The number of piperazine rings is 1. The molecule has 1 N–H and O–H groups in total. The van der Waals surface area contributed by atoms with Crippen LogP contribution in [0.3, 0.4) is 0 Å². The number of ether oxygens (including phenoxy) is 1. The molecule has 0 aromatic carbocycles. The lowest BCUT2D eigenvalue weighted by Crippen LogP contribution is -2.49. The molecule has 0 radical (unpaired) electrons. The summed E-state index contributed by atoms with van der Waals surface area (Å²) in [6.45, 7) is 12.1. The number of aryl methyl sites for hydroxylation is 1. The van der Waals surface area contributed by atoms with E-state index >= 15 is 0 Å². The van der Waals surface area contributed by atoms with Crippen molar-refractivity contribution in [1.82, 2.24) is 14.9 Å². The maximum Gasteiger partial charge on any atom is 0.409 e. The lowest BCUT2D eigenvalue weighted by atomic mass is 10.2. The molecular weight excluding hydrogens is 294 g/mol. The van der Waals surface area contributed by atoms with Crippen LogP contribution in [-0.4, -0.2) is 60.3 Å². The molecule has 0 atom stereocenters. The van der Waals surface area contributed by atoms with E-state index in [0.717, 1.165) is 37.1 Å². The van der Waals surface area contributed by atoms with Gasteiger partial charge in [0.25, 0.3) is 0 Å². The molecule has 0 spiro atoms. The number of anilines is 2. The van der Waals surface area contributed by atoms with Crippen LogP contribution in [0.1, 0.15) is 26.6 Å². The standard InChI is InChI=1S/C16H27N5O2/c1-5-23-16(22)21-8-6-20(7-9-21)15-10-14(17-11-12(2)3)18-13(4)19-15/h10,12H,5-9,11H2,1-4H3,(H,17,18,19). The molecular formula is C16H27N5O2. The molecule has 0 bridgehead atoms. The van der Waals surface area contributed by atoms with Crippen LogP contribution in [0.2, 0.25) is 0 Å². The van der Waals surface area contributed by atoms with Crippen molar-refractivity contribution < 1.29 is 9.53 Å². The molecule has 1 amide bonds. The van der Waals surface area contributed by atoms with Crippen LogP contribution in [0.5, 0.6) is 0 Å². The van der Waals surface area contributed by atoms with Gasteiger partial charge in [-0.3, -0.25) is 0 Å². The van der Waals surface area contributed by atoms with E-state index in [1.54, 1.807) is 4.90 Å². The molecule has 1 aliphatic heterocycles. The van der Waals surface area contributed by atoms with Crippen LogP contribution in [0, 0.1) is 12.8 Å². The topological polar surface area (TPSA) is 70.6 Å². The van der Waals surface area contributed by atoms with Crippen LogP contribution in [0.4, 0.5) is 16.4 Å². The second-order valence-corrected chi connectivity index (χ2v) is 6.11. The van der Waals surface area contributed by atoms with Crippen LogP contribution >= 0.6 is 0 Å². The van der Waals surface area contributed by atoms with Gasteiger partial charge in [0.15, 0.2) is 0 Å². The van der Waals surface area contributed by atoms with Gasteiger partial charge in [0.05, 0.1) is 6.61 Å². The van der Waals surface area contributed by atoms with Gasteiger partial charge in [0, 0.05) is 38.8 Å². The Morgan fingerprint density at radius 2 is 2.00 bits per heavy atom. The molecule has 7 heteroatoms. The highest BCUT2D eigenvalue weighted by Gasteiger charge is 2.23. The number of rotatable bonds is 5. The first-order chi connectivity index (χ1) is 11.0. The van der Waals surface area contributed by atoms with Crippen molar-refractivity contribution in [3.8, 4) is 0 Å². The summed E-state index contributed by atoms with van der Waals surface area (Å²) in [5.41, 5.74) is 0. The fourth-order valence-electron chi connectivity index (χ4n) is 2.45. The highest BCUT2D eigenvalue weighted by atomic mass is 16.6. The average Bonchev–Trinajstić information content (AvgIpc) is 2.53. The molecule has 1 saturated heterocycles. The molecule has 1 aromatic rings. The summed E-state index contributed by atoms with van der Waals surface area (Å²) < 4.78 is 5.05. The number of nitrogens with zero attached hydrogens (tertiary/aromatic N) is 4. The van der Waals surface area contributed by atoms with Crippen LogP contribution in [-0.2, 0) is 4.74 Å². The van der Waals surface area contributed by atoms with Gasteiger partial charge in [-0.25, -0.2) is 14.8 Å². The predicted octanol–water partition coefficient (Wildman–Crippen LogP) is 2.13. The number of amides is 1. The van der Waals surface area contributed by atoms with Crippen LogP contribution < -0.4 is 10.2 Å². The zero-order valence-electron chi connectivity index (χ0n) is 14.5. The summed E-state index contributed by atoms with van der Waals surface area (Å²) in [5, 5.41) is 3.35. The van der Waals surface area contributed by atoms with E-state index in [1.165, 1.54) is 0 Å². The van der Waals surface area contributed by atoms with Gasteiger partial charge < -0.3 is 19.9 Å². The van der Waals surface area contributed by atoms with Crippen molar-refractivity contribution in [2.75, 3.05) is 49.5 Å². The third kappa shape index (κ3) is 4.97. The van der Waals surface area contributed by atoms with E-state index in [9.17, 15) is 4.79 Å². The molecule has 2 rings (SSSR count). The van der Waals surface area contributed by atoms with Crippen molar-refractivity contribution in [3.63, 3.8) is 0 Å². The Hall–Kier alpha value is -2.05. The molecule has 0 aliphatic carbocycles. The van der Waals surface area contributed by atoms with Crippen molar-refractivity contribution in [2.45, 2.75) is 27.7 Å². The third-order valence-electron chi connectivity index (χ3n) is 3.65. The van der Waals surface area contributed by atoms with Gasteiger partial charge in [-0.05, 0) is 19.8 Å². The van der Waals surface area contributed by atoms with Gasteiger partial charge in [-0.2, -0.15) is 0 Å². The van der Waals surface area contributed by atoms with Gasteiger partial charge in [-0.15, -0.1) is 0 Å². The lowest BCUT2D eigenvalue weighted by molar-refractivity contribution is 0.105. The van der Waals surface area contributed by atoms with Gasteiger partial charge in [0.1, 0.15) is 17.5 Å². The quantitative estimate of drug-likeness (QED) is 0.896. The Labute approximate surface area is 138 Å². The molecule has 7 nitrogen and oxygen atoms in total. The van der Waals surface area contributed by atoms with Crippen LogP contribution in [0.15, 0.2) is 6.07 Å². The summed E-state index contributed by atoms with van der Waals surface area (Å²) in [7, 11) is 0. The first-order valence-corrected chi connectivity index (χ1v) is 8.25. The largest absolute Gasteiger partial charge is 0.450 e. The highest BCUT2D eigenvalue weighted by molar-refractivity contribution is 5.68. The summed E-state index contributed by atoms with van der Waals surface area (Å²) in [6, 6.07) is 1.98. The van der Waals surface area contributed by atoms with Gasteiger partial charge >= 0.3 is 6.09 Å².